The first kappa shape index (κ1) is 8.28. The zero-order chi connectivity index (χ0) is 8.67. The molecule has 1 saturated heterocycles. The van der Waals surface area contributed by atoms with Gasteiger partial charge in [0.25, 0.3) is 0 Å². The first-order chi connectivity index (χ1) is 6.43. The number of hydrogen-bond donors (Lipinski definition) is 1. The Kier molecular flexibility index (Phi) is 2.08. The third-order valence-electron chi connectivity index (χ3n) is 4.66. The van der Waals surface area contributed by atoms with Gasteiger partial charge in [-0.05, 0) is 56.4 Å². The highest BCUT2D eigenvalue weighted by molar-refractivity contribution is 4.95. The summed E-state index contributed by atoms with van der Waals surface area (Å²) in [5.41, 5.74) is 0. The first-order valence-electron chi connectivity index (χ1n) is 6.17. The van der Waals surface area contributed by atoms with Crippen molar-refractivity contribution in [2.45, 2.75) is 51.0 Å². The van der Waals surface area contributed by atoms with E-state index in [9.17, 15) is 0 Å². The molecule has 0 radical (unpaired) electrons. The third kappa shape index (κ3) is 1.41. The van der Waals surface area contributed by atoms with Gasteiger partial charge in [-0.15, -0.1) is 0 Å². The van der Waals surface area contributed by atoms with Crippen molar-refractivity contribution in [3.63, 3.8) is 0 Å². The molecule has 3 aliphatic rings. The van der Waals surface area contributed by atoms with E-state index in [1.54, 1.807) is 25.7 Å². The Morgan fingerprint density at radius 1 is 0.923 bits per heavy atom. The van der Waals surface area contributed by atoms with E-state index in [0.717, 1.165) is 23.8 Å². The smallest absolute Gasteiger partial charge is 0.00980 e. The van der Waals surface area contributed by atoms with Gasteiger partial charge in [0.2, 0.25) is 0 Å². The SMILES string of the molecule is C1CCC(C2CC3CCC2C3)NC1. The molecule has 4 atom stereocenters. The van der Waals surface area contributed by atoms with E-state index >= 15 is 0 Å². The van der Waals surface area contributed by atoms with Crippen molar-refractivity contribution < 1.29 is 0 Å². The molecule has 0 aromatic rings. The minimum absolute atomic E-state index is 0.907. The predicted octanol–water partition coefficient (Wildman–Crippen LogP) is 2.56. The van der Waals surface area contributed by atoms with Crippen molar-refractivity contribution in [3.05, 3.63) is 0 Å². The third-order valence-corrected chi connectivity index (χ3v) is 4.66. The quantitative estimate of drug-likeness (QED) is 0.652. The van der Waals surface area contributed by atoms with Crippen LogP contribution in [0.2, 0.25) is 0 Å². The predicted molar refractivity (Wildman–Crippen MR) is 54.6 cm³/mol. The molecule has 3 rings (SSSR count). The molecule has 1 nitrogen and oxygen atoms in total. The molecule has 2 aliphatic carbocycles. The highest BCUT2D eigenvalue weighted by Crippen LogP contribution is 2.50. The van der Waals surface area contributed by atoms with E-state index in [-0.39, 0.29) is 0 Å². The van der Waals surface area contributed by atoms with Gasteiger partial charge in [-0.1, -0.05) is 12.8 Å². The molecule has 1 heteroatoms. The second-order valence-electron chi connectivity index (χ2n) is 5.40. The lowest BCUT2D eigenvalue weighted by Crippen LogP contribution is -2.41. The fraction of sp³-hybridized carbons (Fsp3) is 1.00. The summed E-state index contributed by atoms with van der Waals surface area (Å²) >= 11 is 0. The van der Waals surface area contributed by atoms with Gasteiger partial charge < -0.3 is 5.32 Å². The Morgan fingerprint density at radius 3 is 2.54 bits per heavy atom. The van der Waals surface area contributed by atoms with Crippen LogP contribution in [0.1, 0.15) is 44.9 Å². The molecule has 74 valence electrons. The van der Waals surface area contributed by atoms with Crippen LogP contribution in [0.15, 0.2) is 0 Å². The molecule has 4 unspecified atom stereocenters. The van der Waals surface area contributed by atoms with Gasteiger partial charge in [-0.2, -0.15) is 0 Å². The van der Waals surface area contributed by atoms with Crippen LogP contribution < -0.4 is 5.32 Å². The lowest BCUT2D eigenvalue weighted by atomic mass is 9.80. The Hall–Kier alpha value is -0.0400. The van der Waals surface area contributed by atoms with Crippen LogP contribution in [0, 0.1) is 17.8 Å². The van der Waals surface area contributed by atoms with E-state index < -0.39 is 0 Å². The number of piperidine rings is 1. The molecular weight excluding hydrogens is 158 g/mol. The van der Waals surface area contributed by atoms with Crippen molar-refractivity contribution in [3.8, 4) is 0 Å². The van der Waals surface area contributed by atoms with Crippen LogP contribution in [0.3, 0.4) is 0 Å². The molecule has 0 spiro atoms. The van der Waals surface area contributed by atoms with Gasteiger partial charge in [0.05, 0.1) is 0 Å². The Morgan fingerprint density at radius 2 is 1.92 bits per heavy atom. The second-order valence-corrected chi connectivity index (χ2v) is 5.40. The summed E-state index contributed by atoms with van der Waals surface area (Å²) in [6.45, 7) is 1.29. The highest BCUT2D eigenvalue weighted by Gasteiger charge is 2.42. The van der Waals surface area contributed by atoms with E-state index in [0.29, 0.717) is 0 Å². The van der Waals surface area contributed by atoms with Gasteiger partial charge in [-0.25, -0.2) is 0 Å². The van der Waals surface area contributed by atoms with Crippen molar-refractivity contribution >= 4 is 0 Å². The van der Waals surface area contributed by atoms with Crippen LogP contribution in [0.25, 0.3) is 0 Å². The zero-order valence-electron chi connectivity index (χ0n) is 8.47. The summed E-state index contributed by atoms with van der Waals surface area (Å²) < 4.78 is 0. The molecule has 0 aromatic heterocycles. The summed E-state index contributed by atoms with van der Waals surface area (Å²) in [6.07, 6.45) is 10.6. The number of rotatable bonds is 1. The number of fused-ring (bicyclic) bond motifs is 2. The standard InChI is InChI=1S/C12H21N/c1-2-6-13-12(3-1)11-8-9-4-5-10(11)7-9/h9-13H,1-8H2. The molecule has 1 heterocycles. The topological polar surface area (TPSA) is 12.0 Å². The molecule has 1 N–H and O–H groups in total. The maximum Gasteiger partial charge on any atom is 0.00980 e. The average Bonchev–Trinajstić information content (AvgIpc) is 2.80. The Bertz CT molecular complexity index is 184. The van der Waals surface area contributed by atoms with E-state index in [2.05, 4.69) is 5.32 Å². The molecule has 13 heavy (non-hydrogen) atoms. The minimum Gasteiger partial charge on any atom is -0.314 e. The van der Waals surface area contributed by atoms with Crippen LogP contribution in [-0.4, -0.2) is 12.6 Å². The average molecular weight is 179 g/mol. The van der Waals surface area contributed by atoms with Crippen molar-refractivity contribution in [1.29, 1.82) is 0 Å². The zero-order valence-corrected chi connectivity index (χ0v) is 8.47. The Balaban J connectivity index is 1.65. The van der Waals surface area contributed by atoms with Gasteiger partial charge in [0.1, 0.15) is 0 Å². The molecule has 3 fully saturated rings. The highest BCUT2D eigenvalue weighted by atomic mass is 14.9. The summed E-state index contributed by atoms with van der Waals surface area (Å²) in [5, 5.41) is 3.75. The summed E-state index contributed by atoms with van der Waals surface area (Å²) in [7, 11) is 0. The second kappa shape index (κ2) is 3.27. The van der Waals surface area contributed by atoms with Crippen LogP contribution in [0.4, 0.5) is 0 Å². The molecule has 1 aliphatic heterocycles. The van der Waals surface area contributed by atoms with Crippen molar-refractivity contribution in [2.75, 3.05) is 6.54 Å². The van der Waals surface area contributed by atoms with Crippen LogP contribution in [0.5, 0.6) is 0 Å². The van der Waals surface area contributed by atoms with Gasteiger partial charge in [0, 0.05) is 6.04 Å². The number of hydrogen-bond acceptors (Lipinski definition) is 1. The minimum atomic E-state index is 0.907. The molecule has 0 amide bonds. The van der Waals surface area contributed by atoms with E-state index in [4.69, 9.17) is 0 Å². The maximum atomic E-state index is 3.75. The van der Waals surface area contributed by atoms with Gasteiger partial charge >= 0.3 is 0 Å². The normalized spacial score (nSPS) is 49.8. The lowest BCUT2D eigenvalue weighted by Gasteiger charge is -2.34. The molecular formula is C12H21N. The number of nitrogens with one attached hydrogen (secondary N) is 1. The lowest BCUT2D eigenvalue weighted by molar-refractivity contribution is 0.217. The van der Waals surface area contributed by atoms with Gasteiger partial charge in [-0.3, -0.25) is 0 Å². The molecule has 2 bridgehead atoms. The first-order valence-corrected chi connectivity index (χ1v) is 6.17. The fourth-order valence-electron chi connectivity index (χ4n) is 4.03. The van der Waals surface area contributed by atoms with Crippen molar-refractivity contribution in [2.24, 2.45) is 17.8 Å². The van der Waals surface area contributed by atoms with E-state index in [1.807, 2.05) is 0 Å². The largest absolute Gasteiger partial charge is 0.314 e. The van der Waals surface area contributed by atoms with Gasteiger partial charge in [0.15, 0.2) is 0 Å². The summed E-state index contributed by atoms with van der Waals surface area (Å²) in [4.78, 5) is 0. The van der Waals surface area contributed by atoms with E-state index in [1.165, 1.54) is 25.8 Å². The molecule has 2 saturated carbocycles. The van der Waals surface area contributed by atoms with Crippen LogP contribution >= 0.6 is 0 Å². The Labute approximate surface area is 81.3 Å². The van der Waals surface area contributed by atoms with Crippen molar-refractivity contribution in [1.82, 2.24) is 5.32 Å². The summed E-state index contributed by atoms with van der Waals surface area (Å²) in [6, 6.07) is 0.907. The van der Waals surface area contributed by atoms with Crippen LogP contribution in [-0.2, 0) is 0 Å². The summed E-state index contributed by atoms with van der Waals surface area (Å²) in [5.74, 6) is 3.30. The monoisotopic (exact) mass is 179 g/mol. The fourth-order valence-corrected chi connectivity index (χ4v) is 4.03. The molecule has 0 aromatic carbocycles. The maximum absolute atomic E-state index is 3.75.